The molecule has 0 aromatic carbocycles. The largest absolute Gasteiger partial charge is 0.472 e. The Kier molecular flexibility index (Phi) is 6.14. The molecule has 0 saturated heterocycles. The highest BCUT2D eigenvalue weighted by atomic mass is 35.5. The zero-order chi connectivity index (χ0) is 11.3. The van der Waals surface area contributed by atoms with Crippen LogP contribution in [0.2, 0.25) is 0 Å². The molecular formula is C11H19ClN2O2. The summed E-state index contributed by atoms with van der Waals surface area (Å²) in [6.45, 7) is 4.53. The van der Waals surface area contributed by atoms with E-state index in [9.17, 15) is 4.79 Å². The number of halogens is 1. The van der Waals surface area contributed by atoms with Gasteiger partial charge in [-0.2, -0.15) is 0 Å². The van der Waals surface area contributed by atoms with E-state index in [2.05, 4.69) is 5.32 Å². The van der Waals surface area contributed by atoms with Gasteiger partial charge in [-0.3, -0.25) is 4.79 Å². The first-order chi connectivity index (χ1) is 7.11. The number of amides is 1. The van der Waals surface area contributed by atoms with Gasteiger partial charge in [0.05, 0.1) is 11.8 Å². The van der Waals surface area contributed by atoms with Gasteiger partial charge in [-0.1, -0.05) is 13.8 Å². The maximum absolute atomic E-state index is 11.6. The lowest BCUT2D eigenvalue weighted by atomic mass is 9.94. The Labute approximate surface area is 102 Å². The lowest BCUT2D eigenvalue weighted by Crippen LogP contribution is -2.49. The van der Waals surface area contributed by atoms with Gasteiger partial charge in [-0.25, -0.2) is 0 Å². The van der Waals surface area contributed by atoms with Crippen molar-refractivity contribution in [3.05, 3.63) is 24.2 Å². The lowest BCUT2D eigenvalue weighted by Gasteiger charge is -2.26. The van der Waals surface area contributed by atoms with Gasteiger partial charge in [0.25, 0.3) is 5.91 Å². The first kappa shape index (κ1) is 15.0. The molecule has 92 valence electrons. The van der Waals surface area contributed by atoms with Crippen LogP contribution in [0.1, 0.15) is 37.0 Å². The van der Waals surface area contributed by atoms with E-state index in [0.29, 0.717) is 12.1 Å². The van der Waals surface area contributed by atoms with Crippen molar-refractivity contribution < 1.29 is 9.21 Å². The van der Waals surface area contributed by atoms with Gasteiger partial charge in [0.1, 0.15) is 6.26 Å². The second kappa shape index (κ2) is 6.55. The predicted octanol–water partition coefficient (Wildman–Crippen LogP) is 1.95. The molecule has 0 aliphatic heterocycles. The van der Waals surface area contributed by atoms with Crippen LogP contribution in [0.4, 0.5) is 0 Å². The molecule has 0 atom stereocenters. The molecule has 1 aromatic heterocycles. The minimum Gasteiger partial charge on any atom is -0.472 e. The fourth-order valence-electron chi connectivity index (χ4n) is 1.25. The topological polar surface area (TPSA) is 68.3 Å². The fourth-order valence-corrected chi connectivity index (χ4v) is 1.25. The SMILES string of the molecule is CCC(N)(CC)CNC(=O)c1ccoc1.Cl. The fraction of sp³-hybridized carbons (Fsp3) is 0.545. The molecular weight excluding hydrogens is 228 g/mol. The predicted molar refractivity (Wildman–Crippen MR) is 65.8 cm³/mol. The van der Waals surface area contributed by atoms with Crippen molar-refractivity contribution in [2.45, 2.75) is 32.2 Å². The van der Waals surface area contributed by atoms with Crippen molar-refractivity contribution in [3.63, 3.8) is 0 Å². The van der Waals surface area contributed by atoms with E-state index in [0.717, 1.165) is 12.8 Å². The summed E-state index contributed by atoms with van der Waals surface area (Å²) in [7, 11) is 0. The second-order valence-corrected chi connectivity index (χ2v) is 3.76. The van der Waals surface area contributed by atoms with Crippen LogP contribution >= 0.6 is 12.4 Å². The molecule has 0 bridgehead atoms. The Morgan fingerprint density at radius 2 is 2.12 bits per heavy atom. The van der Waals surface area contributed by atoms with Crippen LogP contribution in [-0.4, -0.2) is 18.0 Å². The molecule has 4 nitrogen and oxygen atoms in total. The van der Waals surface area contributed by atoms with Gasteiger partial charge < -0.3 is 15.5 Å². The van der Waals surface area contributed by atoms with Gasteiger partial charge in [-0.15, -0.1) is 12.4 Å². The van der Waals surface area contributed by atoms with Crippen LogP contribution in [-0.2, 0) is 0 Å². The maximum Gasteiger partial charge on any atom is 0.254 e. The molecule has 3 N–H and O–H groups in total. The van der Waals surface area contributed by atoms with Crippen LogP contribution in [0.15, 0.2) is 23.0 Å². The molecule has 1 aromatic rings. The highest BCUT2D eigenvalue weighted by Gasteiger charge is 2.21. The molecule has 0 unspecified atom stereocenters. The lowest BCUT2D eigenvalue weighted by molar-refractivity contribution is 0.0941. The number of nitrogens with one attached hydrogen (secondary N) is 1. The van der Waals surface area contributed by atoms with Gasteiger partial charge >= 0.3 is 0 Å². The summed E-state index contributed by atoms with van der Waals surface area (Å²) >= 11 is 0. The molecule has 0 aliphatic carbocycles. The molecule has 1 heterocycles. The van der Waals surface area contributed by atoms with E-state index in [1.54, 1.807) is 6.07 Å². The highest BCUT2D eigenvalue weighted by Crippen LogP contribution is 2.10. The Bertz CT molecular complexity index is 308. The minimum absolute atomic E-state index is 0. The Balaban J connectivity index is 0.00000225. The number of hydrogen-bond acceptors (Lipinski definition) is 3. The van der Waals surface area contributed by atoms with Crippen molar-refractivity contribution in [3.8, 4) is 0 Å². The number of carbonyl (C=O) groups is 1. The normalized spacial score (nSPS) is 10.7. The number of nitrogens with two attached hydrogens (primary N) is 1. The average molecular weight is 247 g/mol. The summed E-state index contributed by atoms with van der Waals surface area (Å²) in [6.07, 6.45) is 4.58. The van der Waals surface area contributed by atoms with Gasteiger partial charge in [0.2, 0.25) is 0 Å². The molecule has 0 spiro atoms. The number of rotatable bonds is 5. The zero-order valence-electron chi connectivity index (χ0n) is 9.66. The number of carbonyl (C=O) groups excluding carboxylic acids is 1. The van der Waals surface area contributed by atoms with Crippen molar-refractivity contribution in [1.82, 2.24) is 5.32 Å². The zero-order valence-corrected chi connectivity index (χ0v) is 10.5. The molecule has 0 saturated carbocycles. The quantitative estimate of drug-likeness (QED) is 0.835. The summed E-state index contributed by atoms with van der Waals surface area (Å²) in [5.41, 5.74) is 6.29. The van der Waals surface area contributed by atoms with Gasteiger partial charge in [0.15, 0.2) is 0 Å². The second-order valence-electron chi connectivity index (χ2n) is 3.76. The monoisotopic (exact) mass is 246 g/mol. The van der Waals surface area contributed by atoms with E-state index >= 15 is 0 Å². The molecule has 0 fully saturated rings. The van der Waals surface area contributed by atoms with Crippen LogP contribution < -0.4 is 11.1 Å². The maximum atomic E-state index is 11.6. The molecule has 0 radical (unpaired) electrons. The molecule has 16 heavy (non-hydrogen) atoms. The molecule has 1 amide bonds. The number of furan rings is 1. The van der Waals surface area contributed by atoms with E-state index in [1.165, 1.54) is 12.5 Å². The van der Waals surface area contributed by atoms with Crippen LogP contribution in [0.3, 0.4) is 0 Å². The van der Waals surface area contributed by atoms with E-state index in [1.807, 2.05) is 13.8 Å². The Hall–Kier alpha value is -1.00. The summed E-state index contributed by atoms with van der Waals surface area (Å²) in [5.74, 6) is -0.138. The highest BCUT2D eigenvalue weighted by molar-refractivity contribution is 5.93. The third-order valence-electron chi connectivity index (χ3n) is 2.79. The summed E-state index contributed by atoms with van der Waals surface area (Å²) in [5, 5.41) is 2.80. The summed E-state index contributed by atoms with van der Waals surface area (Å²) < 4.78 is 4.83. The van der Waals surface area contributed by atoms with Crippen LogP contribution in [0, 0.1) is 0 Å². The molecule has 0 aliphatic rings. The van der Waals surface area contributed by atoms with E-state index in [4.69, 9.17) is 10.2 Å². The van der Waals surface area contributed by atoms with Crippen molar-refractivity contribution in [2.24, 2.45) is 5.73 Å². The third-order valence-corrected chi connectivity index (χ3v) is 2.79. The summed E-state index contributed by atoms with van der Waals surface area (Å²) in [6, 6.07) is 1.63. The van der Waals surface area contributed by atoms with Crippen LogP contribution in [0.5, 0.6) is 0 Å². The first-order valence-corrected chi connectivity index (χ1v) is 5.20. The van der Waals surface area contributed by atoms with Crippen LogP contribution in [0.25, 0.3) is 0 Å². The van der Waals surface area contributed by atoms with E-state index < -0.39 is 0 Å². The minimum atomic E-state index is -0.306. The molecule has 5 heteroatoms. The third kappa shape index (κ3) is 3.87. The van der Waals surface area contributed by atoms with Crippen molar-refractivity contribution in [2.75, 3.05) is 6.54 Å². The number of hydrogen-bond donors (Lipinski definition) is 2. The Morgan fingerprint density at radius 1 is 1.50 bits per heavy atom. The average Bonchev–Trinajstić information content (AvgIpc) is 2.79. The first-order valence-electron chi connectivity index (χ1n) is 5.20. The smallest absolute Gasteiger partial charge is 0.254 e. The standard InChI is InChI=1S/C11H18N2O2.ClH/c1-3-11(12,4-2)8-13-10(14)9-5-6-15-7-9;/h5-7H,3-4,8,12H2,1-2H3,(H,13,14);1H. The Morgan fingerprint density at radius 3 is 2.56 bits per heavy atom. The van der Waals surface area contributed by atoms with E-state index in [-0.39, 0.29) is 23.9 Å². The van der Waals surface area contributed by atoms with Crippen molar-refractivity contribution in [1.29, 1.82) is 0 Å². The van der Waals surface area contributed by atoms with Gasteiger partial charge in [-0.05, 0) is 18.9 Å². The molecule has 1 rings (SSSR count). The van der Waals surface area contributed by atoms with Crippen molar-refractivity contribution >= 4 is 18.3 Å². The summed E-state index contributed by atoms with van der Waals surface area (Å²) in [4.78, 5) is 11.6. The van der Waals surface area contributed by atoms with Gasteiger partial charge in [0, 0.05) is 12.1 Å².